The van der Waals surface area contributed by atoms with Crippen molar-refractivity contribution in [1.82, 2.24) is 9.80 Å². The van der Waals surface area contributed by atoms with Gasteiger partial charge in [0.2, 0.25) is 0 Å². The average molecular weight is 416 g/mol. The number of hydrogen-bond donors (Lipinski definition) is 1. The summed E-state index contributed by atoms with van der Waals surface area (Å²) in [5, 5.41) is 10.8. The van der Waals surface area contributed by atoms with Crippen molar-refractivity contribution >= 4 is 17.3 Å². The van der Waals surface area contributed by atoms with E-state index in [-0.39, 0.29) is 0 Å². The maximum absolute atomic E-state index is 10.1. The van der Waals surface area contributed by atoms with Gasteiger partial charge in [-0.25, -0.2) is 0 Å². The summed E-state index contributed by atoms with van der Waals surface area (Å²) in [5.74, 6) is 1.29. The number of hydrogen-bond acceptors (Lipinski definition) is 5. The molecule has 2 aliphatic heterocycles. The second-order valence-corrected chi connectivity index (χ2v) is 8.44. The first-order valence-electron chi connectivity index (χ1n) is 10.5. The van der Waals surface area contributed by atoms with E-state index in [0.29, 0.717) is 16.8 Å². The molecule has 29 heavy (non-hydrogen) atoms. The molecular weight excluding hydrogens is 386 g/mol. The zero-order valence-electron chi connectivity index (χ0n) is 17.1. The SMILES string of the molecule is COc1ccccc1N1CCN([C@H]2CCCN(Cc3cc(Cl)ccc3O)C2)CC1. The Hall–Kier alpha value is -1.95. The van der Waals surface area contributed by atoms with E-state index >= 15 is 0 Å². The van der Waals surface area contributed by atoms with Crippen LogP contribution < -0.4 is 9.64 Å². The number of para-hydroxylation sites is 2. The number of likely N-dealkylation sites (tertiary alicyclic amines) is 1. The highest BCUT2D eigenvalue weighted by atomic mass is 35.5. The van der Waals surface area contributed by atoms with Crippen molar-refractivity contribution in [1.29, 1.82) is 0 Å². The lowest BCUT2D eigenvalue weighted by atomic mass is 10.0. The average Bonchev–Trinajstić information content (AvgIpc) is 2.76. The maximum Gasteiger partial charge on any atom is 0.142 e. The van der Waals surface area contributed by atoms with E-state index in [2.05, 4.69) is 26.8 Å². The van der Waals surface area contributed by atoms with Gasteiger partial charge in [-0.1, -0.05) is 23.7 Å². The molecule has 6 heteroatoms. The molecule has 2 saturated heterocycles. The van der Waals surface area contributed by atoms with Crippen molar-refractivity contribution in [3.8, 4) is 11.5 Å². The van der Waals surface area contributed by atoms with Crippen molar-refractivity contribution in [2.24, 2.45) is 0 Å². The maximum atomic E-state index is 10.1. The summed E-state index contributed by atoms with van der Waals surface area (Å²) in [6, 6.07) is 14.2. The van der Waals surface area contributed by atoms with Crippen LogP contribution in [0.1, 0.15) is 18.4 Å². The first-order chi connectivity index (χ1) is 14.1. The number of piperazine rings is 1. The molecule has 156 valence electrons. The van der Waals surface area contributed by atoms with Crippen LogP contribution in [0.2, 0.25) is 5.02 Å². The van der Waals surface area contributed by atoms with Crippen LogP contribution in [-0.4, -0.2) is 67.3 Å². The largest absolute Gasteiger partial charge is 0.508 e. The first kappa shape index (κ1) is 20.3. The molecule has 2 aliphatic rings. The van der Waals surface area contributed by atoms with Gasteiger partial charge in [-0.15, -0.1) is 0 Å². The lowest BCUT2D eigenvalue weighted by Crippen LogP contribution is -2.55. The number of benzene rings is 2. The molecule has 2 fully saturated rings. The molecule has 2 aromatic carbocycles. The van der Waals surface area contributed by atoms with Crippen molar-refractivity contribution in [3.63, 3.8) is 0 Å². The molecule has 2 aromatic rings. The van der Waals surface area contributed by atoms with E-state index in [1.165, 1.54) is 18.5 Å². The molecule has 0 amide bonds. The fourth-order valence-electron chi connectivity index (χ4n) is 4.61. The molecule has 0 unspecified atom stereocenters. The number of nitrogens with zero attached hydrogens (tertiary/aromatic N) is 3. The highest BCUT2D eigenvalue weighted by Gasteiger charge is 2.29. The summed E-state index contributed by atoms with van der Waals surface area (Å²) in [4.78, 5) is 7.52. The number of phenolic OH excluding ortho intramolecular Hbond substituents is 1. The van der Waals surface area contributed by atoms with Crippen molar-refractivity contribution < 1.29 is 9.84 Å². The summed E-state index contributed by atoms with van der Waals surface area (Å²) in [6.07, 6.45) is 2.44. The predicted molar refractivity (Wildman–Crippen MR) is 118 cm³/mol. The highest BCUT2D eigenvalue weighted by molar-refractivity contribution is 6.30. The molecular formula is C23H30ClN3O2. The van der Waals surface area contributed by atoms with Gasteiger partial charge in [0.15, 0.2) is 0 Å². The Bertz CT molecular complexity index is 824. The van der Waals surface area contributed by atoms with Crippen LogP contribution in [0, 0.1) is 0 Å². The topological polar surface area (TPSA) is 39.2 Å². The van der Waals surface area contributed by atoms with E-state index in [1.54, 1.807) is 19.2 Å². The third-order valence-corrected chi connectivity index (χ3v) is 6.41. The van der Waals surface area contributed by atoms with Gasteiger partial charge in [-0.3, -0.25) is 9.80 Å². The lowest BCUT2D eigenvalue weighted by molar-refractivity contribution is 0.0883. The van der Waals surface area contributed by atoms with Crippen molar-refractivity contribution in [2.45, 2.75) is 25.4 Å². The Balaban J connectivity index is 1.34. The number of anilines is 1. The van der Waals surface area contributed by atoms with E-state index in [4.69, 9.17) is 16.3 Å². The molecule has 2 heterocycles. The minimum Gasteiger partial charge on any atom is -0.508 e. The first-order valence-corrected chi connectivity index (χ1v) is 10.8. The molecule has 1 N–H and O–H groups in total. The summed E-state index contributed by atoms with van der Waals surface area (Å²) >= 11 is 6.12. The van der Waals surface area contributed by atoms with Gasteiger partial charge in [-0.05, 0) is 49.7 Å². The van der Waals surface area contributed by atoms with Crippen LogP contribution in [0.15, 0.2) is 42.5 Å². The summed E-state index contributed by atoms with van der Waals surface area (Å²) in [6.45, 7) is 7.05. The monoisotopic (exact) mass is 415 g/mol. The number of halogens is 1. The third-order valence-electron chi connectivity index (χ3n) is 6.17. The second kappa shape index (κ2) is 9.24. The number of piperidine rings is 1. The zero-order chi connectivity index (χ0) is 20.2. The van der Waals surface area contributed by atoms with Gasteiger partial charge in [0.05, 0.1) is 12.8 Å². The third kappa shape index (κ3) is 4.80. The van der Waals surface area contributed by atoms with E-state index < -0.39 is 0 Å². The van der Waals surface area contributed by atoms with E-state index in [1.807, 2.05) is 18.2 Å². The quantitative estimate of drug-likeness (QED) is 0.803. The standard InChI is InChI=1S/C23H30ClN3O2/c1-29-23-7-3-2-6-21(23)27-13-11-26(12-14-27)20-5-4-10-25(17-20)16-18-15-19(24)8-9-22(18)28/h2-3,6-9,15,20,28H,4-5,10-14,16-17H2,1H3/t20-/m0/s1. The molecule has 4 rings (SSSR count). The molecule has 0 radical (unpaired) electrons. The Morgan fingerprint density at radius 3 is 2.66 bits per heavy atom. The fourth-order valence-corrected chi connectivity index (χ4v) is 4.81. The van der Waals surface area contributed by atoms with Gasteiger partial charge >= 0.3 is 0 Å². The molecule has 1 atom stereocenters. The van der Waals surface area contributed by atoms with Gasteiger partial charge in [-0.2, -0.15) is 0 Å². The smallest absolute Gasteiger partial charge is 0.142 e. The van der Waals surface area contributed by atoms with Crippen LogP contribution >= 0.6 is 11.6 Å². The molecule has 0 aliphatic carbocycles. The van der Waals surface area contributed by atoms with Crippen LogP contribution in [0.5, 0.6) is 11.5 Å². The molecule has 0 spiro atoms. The predicted octanol–water partition coefficient (Wildman–Crippen LogP) is 3.84. The Kier molecular flexibility index (Phi) is 6.48. The van der Waals surface area contributed by atoms with Crippen LogP contribution in [-0.2, 0) is 6.54 Å². The van der Waals surface area contributed by atoms with Crippen LogP contribution in [0.25, 0.3) is 0 Å². The van der Waals surface area contributed by atoms with Gasteiger partial charge in [0.1, 0.15) is 11.5 Å². The van der Waals surface area contributed by atoms with E-state index in [0.717, 1.165) is 57.1 Å². The molecule has 0 aromatic heterocycles. The molecule has 5 nitrogen and oxygen atoms in total. The molecule has 0 bridgehead atoms. The highest BCUT2D eigenvalue weighted by Crippen LogP contribution is 2.30. The van der Waals surface area contributed by atoms with Crippen LogP contribution in [0.3, 0.4) is 0 Å². The number of methoxy groups -OCH3 is 1. The Morgan fingerprint density at radius 2 is 1.86 bits per heavy atom. The summed E-state index contributed by atoms with van der Waals surface area (Å²) in [5.41, 5.74) is 2.11. The van der Waals surface area contributed by atoms with Crippen LogP contribution in [0.4, 0.5) is 5.69 Å². The van der Waals surface area contributed by atoms with Gasteiger partial charge in [0, 0.05) is 55.9 Å². The van der Waals surface area contributed by atoms with Crippen molar-refractivity contribution in [2.75, 3.05) is 51.3 Å². The van der Waals surface area contributed by atoms with Gasteiger partial charge < -0.3 is 14.7 Å². The fraction of sp³-hybridized carbons (Fsp3) is 0.478. The molecule has 0 saturated carbocycles. The number of phenols is 1. The summed E-state index contributed by atoms with van der Waals surface area (Å²) in [7, 11) is 1.74. The number of rotatable bonds is 5. The minimum atomic E-state index is 0.335. The summed E-state index contributed by atoms with van der Waals surface area (Å²) < 4.78 is 5.54. The number of aromatic hydroxyl groups is 1. The lowest BCUT2D eigenvalue weighted by Gasteiger charge is -2.44. The Labute approximate surface area is 178 Å². The normalized spacial score (nSPS) is 21.3. The van der Waals surface area contributed by atoms with E-state index in [9.17, 15) is 5.11 Å². The van der Waals surface area contributed by atoms with Gasteiger partial charge in [0.25, 0.3) is 0 Å². The Morgan fingerprint density at radius 1 is 1.07 bits per heavy atom. The zero-order valence-corrected chi connectivity index (χ0v) is 17.8. The van der Waals surface area contributed by atoms with Crippen molar-refractivity contribution in [3.05, 3.63) is 53.1 Å². The minimum absolute atomic E-state index is 0.335. The second-order valence-electron chi connectivity index (χ2n) is 8.00. The number of ether oxygens (including phenoxy) is 1.